The van der Waals surface area contributed by atoms with Crippen LogP contribution in [0, 0.1) is 5.82 Å². The molecule has 0 unspecified atom stereocenters. The van der Waals surface area contributed by atoms with Gasteiger partial charge in [-0.15, -0.1) is 0 Å². The number of halogens is 1. The van der Waals surface area contributed by atoms with Crippen molar-refractivity contribution in [2.45, 2.75) is 13.0 Å². The van der Waals surface area contributed by atoms with Crippen LogP contribution >= 0.6 is 0 Å². The predicted molar refractivity (Wildman–Crippen MR) is 71.5 cm³/mol. The van der Waals surface area contributed by atoms with E-state index in [-0.39, 0.29) is 5.82 Å². The number of nitrogens with zero attached hydrogens (tertiary/aromatic N) is 1. The number of hydrogen-bond acceptors (Lipinski definition) is 2. The first-order valence-corrected chi connectivity index (χ1v) is 5.85. The van der Waals surface area contributed by atoms with Crippen molar-refractivity contribution in [2.24, 2.45) is 0 Å². The summed E-state index contributed by atoms with van der Waals surface area (Å²) in [6, 6.07) is 14.0. The molecule has 3 heteroatoms. The van der Waals surface area contributed by atoms with Crippen LogP contribution in [0.15, 0.2) is 48.5 Å². The first kappa shape index (κ1) is 12.6. The third kappa shape index (κ3) is 2.68. The van der Waals surface area contributed by atoms with E-state index in [2.05, 4.69) is 0 Å². The van der Waals surface area contributed by atoms with E-state index in [1.165, 1.54) is 12.1 Å². The topological polar surface area (TPSA) is 23.5 Å². The molecule has 1 N–H and O–H groups in total. The van der Waals surface area contributed by atoms with E-state index < -0.39 is 6.10 Å². The Morgan fingerprint density at radius 1 is 1.06 bits per heavy atom. The number of rotatable bonds is 3. The van der Waals surface area contributed by atoms with Crippen molar-refractivity contribution in [3.8, 4) is 0 Å². The van der Waals surface area contributed by atoms with E-state index in [9.17, 15) is 9.50 Å². The van der Waals surface area contributed by atoms with Crippen LogP contribution in [0.2, 0.25) is 0 Å². The van der Waals surface area contributed by atoms with Crippen molar-refractivity contribution in [1.82, 2.24) is 0 Å². The van der Waals surface area contributed by atoms with E-state index in [0.717, 1.165) is 16.9 Å². The minimum atomic E-state index is -0.474. The van der Waals surface area contributed by atoms with Gasteiger partial charge in [0, 0.05) is 18.4 Å². The van der Waals surface area contributed by atoms with Gasteiger partial charge in [0.2, 0.25) is 0 Å². The monoisotopic (exact) mass is 245 g/mol. The van der Waals surface area contributed by atoms with Crippen molar-refractivity contribution < 1.29 is 9.50 Å². The first-order valence-electron chi connectivity index (χ1n) is 5.85. The van der Waals surface area contributed by atoms with Gasteiger partial charge >= 0.3 is 0 Å². The molecular weight excluding hydrogens is 229 g/mol. The molecular formula is C15H16FNO. The molecule has 0 aliphatic heterocycles. The first-order chi connectivity index (χ1) is 8.58. The van der Waals surface area contributed by atoms with Crippen LogP contribution in [0.1, 0.15) is 18.6 Å². The lowest BCUT2D eigenvalue weighted by Crippen LogP contribution is -2.09. The Kier molecular flexibility index (Phi) is 3.63. The van der Waals surface area contributed by atoms with Gasteiger partial charge in [-0.3, -0.25) is 0 Å². The summed E-state index contributed by atoms with van der Waals surface area (Å²) in [6.07, 6.45) is -0.474. The molecule has 2 aromatic carbocycles. The van der Waals surface area contributed by atoms with Crippen molar-refractivity contribution in [2.75, 3.05) is 11.9 Å². The SMILES string of the molecule is C[C@H](O)c1ccc(N(C)c2cccc(F)c2)cc1. The van der Waals surface area contributed by atoms with E-state index in [1.807, 2.05) is 42.3 Å². The molecule has 0 fully saturated rings. The number of anilines is 2. The highest BCUT2D eigenvalue weighted by Crippen LogP contribution is 2.25. The molecule has 0 radical (unpaired) electrons. The van der Waals surface area contributed by atoms with Gasteiger partial charge in [-0.25, -0.2) is 4.39 Å². The van der Waals surface area contributed by atoms with Crippen LogP contribution in [0.25, 0.3) is 0 Å². The van der Waals surface area contributed by atoms with Gasteiger partial charge in [0.25, 0.3) is 0 Å². The van der Waals surface area contributed by atoms with Crippen molar-refractivity contribution in [1.29, 1.82) is 0 Å². The molecule has 0 aromatic heterocycles. The van der Waals surface area contributed by atoms with Gasteiger partial charge in [0.1, 0.15) is 5.82 Å². The maximum atomic E-state index is 13.2. The van der Waals surface area contributed by atoms with Crippen LogP contribution in [0.5, 0.6) is 0 Å². The highest BCUT2D eigenvalue weighted by molar-refractivity contribution is 5.62. The minimum Gasteiger partial charge on any atom is -0.389 e. The fourth-order valence-corrected chi connectivity index (χ4v) is 1.81. The summed E-state index contributed by atoms with van der Waals surface area (Å²) in [6.45, 7) is 1.73. The Bertz CT molecular complexity index is 522. The summed E-state index contributed by atoms with van der Waals surface area (Å²) < 4.78 is 13.2. The predicted octanol–water partition coefficient (Wildman–Crippen LogP) is 3.65. The third-order valence-corrected chi connectivity index (χ3v) is 2.96. The van der Waals surface area contributed by atoms with Gasteiger partial charge in [0.15, 0.2) is 0 Å². The maximum Gasteiger partial charge on any atom is 0.125 e. The van der Waals surface area contributed by atoms with E-state index in [1.54, 1.807) is 13.0 Å². The van der Waals surface area contributed by atoms with Crippen LogP contribution in [-0.4, -0.2) is 12.2 Å². The average Bonchev–Trinajstić information content (AvgIpc) is 2.38. The van der Waals surface area contributed by atoms with Gasteiger partial charge in [-0.2, -0.15) is 0 Å². The Morgan fingerprint density at radius 2 is 1.72 bits per heavy atom. The lowest BCUT2D eigenvalue weighted by Gasteiger charge is -2.20. The third-order valence-electron chi connectivity index (χ3n) is 2.96. The zero-order valence-electron chi connectivity index (χ0n) is 10.5. The molecule has 0 amide bonds. The number of aliphatic hydroxyl groups excluding tert-OH is 1. The lowest BCUT2D eigenvalue weighted by molar-refractivity contribution is 0.199. The Hall–Kier alpha value is -1.87. The zero-order valence-corrected chi connectivity index (χ0v) is 10.5. The van der Waals surface area contributed by atoms with Gasteiger partial charge < -0.3 is 10.0 Å². The molecule has 0 saturated heterocycles. The quantitative estimate of drug-likeness (QED) is 0.892. The second kappa shape index (κ2) is 5.19. The van der Waals surface area contributed by atoms with Gasteiger partial charge in [0.05, 0.1) is 6.10 Å². The average molecular weight is 245 g/mol. The van der Waals surface area contributed by atoms with E-state index in [4.69, 9.17) is 0 Å². The fourth-order valence-electron chi connectivity index (χ4n) is 1.81. The molecule has 2 rings (SSSR count). The summed E-state index contributed by atoms with van der Waals surface area (Å²) in [7, 11) is 1.88. The molecule has 0 saturated carbocycles. The molecule has 0 heterocycles. The molecule has 0 bridgehead atoms. The number of benzene rings is 2. The zero-order chi connectivity index (χ0) is 13.1. The molecule has 18 heavy (non-hydrogen) atoms. The molecule has 0 spiro atoms. The summed E-state index contributed by atoms with van der Waals surface area (Å²) >= 11 is 0. The van der Waals surface area contributed by atoms with Crippen LogP contribution in [-0.2, 0) is 0 Å². The van der Waals surface area contributed by atoms with E-state index >= 15 is 0 Å². The molecule has 2 nitrogen and oxygen atoms in total. The molecule has 0 aliphatic carbocycles. The van der Waals surface area contributed by atoms with Crippen molar-refractivity contribution >= 4 is 11.4 Å². The second-order valence-corrected chi connectivity index (χ2v) is 4.31. The lowest BCUT2D eigenvalue weighted by atomic mass is 10.1. The van der Waals surface area contributed by atoms with Crippen LogP contribution in [0.4, 0.5) is 15.8 Å². The van der Waals surface area contributed by atoms with Crippen LogP contribution < -0.4 is 4.90 Å². The maximum absolute atomic E-state index is 13.2. The van der Waals surface area contributed by atoms with Gasteiger partial charge in [-0.1, -0.05) is 18.2 Å². The summed E-state index contributed by atoms with van der Waals surface area (Å²) in [5, 5.41) is 9.44. The number of aliphatic hydroxyl groups is 1. The molecule has 94 valence electrons. The normalized spacial score (nSPS) is 12.2. The Balaban J connectivity index is 2.26. The minimum absolute atomic E-state index is 0.250. The van der Waals surface area contributed by atoms with Crippen molar-refractivity contribution in [3.63, 3.8) is 0 Å². The smallest absolute Gasteiger partial charge is 0.125 e. The molecule has 0 aliphatic rings. The fraction of sp³-hybridized carbons (Fsp3) is 0.200. The Morgan fingerprint density at radius 3 is 2.28 bits per heavy atom. The Labute approximate surface area is 106 Å². The largest absolute Gasteiger partial charge is 0.389 e. The number of hydrogen-bond donors (Lipinski definition) is 1. The van der Waals surface area contributed by atoms with Crippen LogP contribution in [0.3, 0.4) is 0 Å². The second-order valence-electron chi connectivity index (χ2n) is 4.31. The summed E-state index contributed by atoms with van der Waals surface area (Å²) in [5.74, 6) is -0.250. The standard InChI is InChI=1S/C15H16FNO/c1-11(18)12-6-8-14(9-7-12)17(2)15-5-3-4-13(16)10-15/h3-11,18H,1-2H3/t11-/m0/s1. The van der Waals surface area contributed by atoms with Crippen molar-refractivity contribution in [3.05, 3.63) is 59.9 Å². The highest BCUT2D eigenvalue weighted by Gasteiger charge is 2.06. The van der Waals surface area contributed by atoms with Gasteiger partial charge in [-0.05, 0) is 42.8 Å². The summed E-state index contributed by atoms with van der Waals surface area (Å²) in [5.41, 5.74) is 2.61. The summed E-state index contributed by atoms with van der Waals surface area (Å²) in [4.78, 5) is 1.90. The highest BCUT2D eigenvalue weighted by atomic mass is 19.1. The molecule has 1 atom stereocenters. The van der Waals surface area contributed by atoms with E-state index in [0.29, 0.717) is 0 Å². The molecule has 2 aromatic rings.